The first kappa shape index (κ1) is 16.4. The zero-order valence-electron chi connectivity index (χ0n) is 13.6. The van der Waals surface area contributed by atoms with Crippen LogP contribution < -0.4 is 9.47 Å². The molecule has 1 heterocycles. The molecule has 0 saturated carbocycles. The summed E-state index contributed by atoms with van der Waals surface area (Å²) in [6.45, 7) is 0.336. The fourth-order valence-electron chi connectivity index (χ4n) is 2.45. The fourth-order valence-corrected chi connectivity index (χ4v) is 2.45. The number of nitro benzene ring substituents is 1. The molecule has 0 amide bonds. The van der Waals surface area contributed by atoms with E-state index in [1.165, 1.54) is 12.1 Å². The van der Waals surface area contributed by atoms with E-state index in [1.54, 1.807) is 25.4 Å². The van der Waals surface area contributed by atoms with Crippen LogP contribution in [0.3, 0.4) is 0 Å². The van der Waals surface area contributed by atoms with Gasteiger partial charge in [-0.3, -0.25) is 10.1 Å². The molecule has 2 aromatic carbocycles. The van der Waals surface area contributed by atoms with Crippen molar-refractivity contribution in [2.45, 2.75) is 6.61 Å². The van der Waals surface area contributed by atoms with Gasteiger partial charge in [-0.25, -0.2) is 4.98 Å². The van der Waals surface area contributed by atoms with E-state index in [2.05, 4.69) is 4.98 Å². The van der Waals surface area contributed by atoms with Crippen LogP contribution in [0.2, 0.25) is 0 Å². The van der Waals surface area contributed by atoms with E-state index in [4.69, 9.17) is 9.47 Å². The molecule has 0 fully saturated rings. The number of non-ortho nitro benzene ring substituents is 1. The summed E-state index contributed by atoms with van der Waals surface area (Å²) in [6.07, 6.45) is 1.66. The number of ether oxygens (including phenoxy) is 2. The van der Waals surface area contributed by atoms with Gasteiger partial charge in [-0.15, -0.1) is 0 Å². The Labute approximate surface area is 144 Å². The van der Waals surface area contributed by atoms with Gasteiger partial charge in [0.15, 0.2) is 0 Å². The molecule has 0 N–H and O–H groups in total. The summed E-state index contributed by atoms with van der Waals surface area (Å²) in [5, 5.41) is 11.0. The minimum absolute atomic E-state index is 0.0368. The zero-order chi connectivity index (χ0) is 17.6. The third-order valence-corrected chi connectivity index (χ3v) is 3.66. The molecule has 3 rings (SSSR count). The van der Waals surface area contributed by atoms with Crippen molar-refractivity contribution in [3.63, 3.8) is 0 Å². The normalized spacial score (nSPS) is 10.3. The van der Waals surface area contributed by atoms with Gasteiger partial charge in [0, 0.05) is 30.0 Å². The first-order valence-corrected chi connectivity index (χ1v) is 7.63. The molecule has 1 aromatic heterocycles. The second-order valence-electron chi connectivity index (χ2n) is 5.30. The van der Waals surface area contributed by atoms with Gasteiger partial charge in [-0.05, 0) is 29.3 Å². The van der Waals surface area contributed by atoms with Crippen LogP contribution in [0, 0.1) is 10.1 Å². The molecule has 0 spiro atoms. The van der Waals surface area contributed by atoms with Gasteiger partial charge in [0.2, 0.25) is 5.88 Å². The van der Waals surface area contributed by atoms with Gasteiger partial charge in [-0.1, -0.05) is 24.3 Å². The second kappa shape index (κ2) is 7.44. The van der Waals surface area contributed by atoms with Crippen LogP contribution in [0.1, 0.15) is 5.56 Å². The quantitative estimate of drug-likeness (QED) is 0.497. The van der Waals surface area contributed by atoms with E-state index in [9.17, 15) is 10.1 Å². The van der Waals surface area contributed by atoms with Crippen molar-refractivity contribution in [1.82, 2.24) is 4.98 Å². The highest BCUT2D eigenvalue weighted by molar-refractivity contribution is 5.73. The predicted molar refractivity (Wildman–Crippen MR) is 93.7 cm³/mol. The standard InChI is InChI=1S/C19H16N2O4/c1-24-18-9-8-14(13-25-19-7-2-3-10-20-19)11-17(18)15-5-4-6-16(12-15)21(22)23/h2-12H,13H2,1H3. The lowest BCUT2D eigenvalue weighted by atomic mass is 10.0. The molecule has 3 aromatic rings. The van der Waals surface area contributed by atoms with Crippen LogP contribution in [0.25, 0.3) is 11.1 Å². The molecule has 0 aliphatic rings. The Morgan fingerprint density at radius 2 is 1.96 bits per heavy atom. The maximum absolute atomic E-state index is 11.0. The smallest absolute Gasteiger partial charge is 0.270 e. The summed E-state index contributed by atoms with van der Waals surface area (Å²) in [6, 6.07) is 17.5. The lowest BCUT2D eigenvalue weighted by molar-refractivity contribution is -0.384. The second-order valence-corrected chi connectivity index (χ2v) is 5.30. The molecule has 0 atom stereocenters. The maximum atomic E-state index is 11.0. The van der Waals surface area contributed by atoms with Crippen molar-refractivity contribution in [3.05, 3.63) is 82.5 Å². The molecule has 0 radical (unpaired) electrons. The van der Waals surface area contributed by atoms with Crippen molar-refractivity contribution in [1.29, 1.82) is 0 Å². The minimum Gasteiger partial charge on any atom is -0.496 e. The number of pyridine rings is 1. The number of nitro groups is 1. The third-order valence-electron chi connectivity index (χ3n) is 3.66. The fraction of sp³-hybridized carbons (Fsp3) is 0.105. The molecular formula is C19H16N2O4. The lowest BCUT2D eigenvalue weighted by Crippen LogP contribution is -1.98. The Kier molecular flexibility index (Phi) is 4.89. The summed E-state index contributed by atoms with van der Waals surface area (Å²) in [5.41, 5.74) is 2.43. The van der Waals surface area contributed by atoms with Gasteiger partial charge in [0.05, 0.1) is 12.0 Å². The molecule has 0 aliphatic heterocycles. The van der Waals surface area contributed by atoms with Crippen LogP contribution in [-0.2, 0) is 6.61 Å². The number of methoxy groups -OCH3 is 1. The van der Waals surface area contributed by atoms with E-state index in [-0.39, 0.29) is 5.69 Å². The Bertz CT molecular complexity index is 882. The van der Waals surface area contributed by atoms with Crippen LogP contribution in [0.4, 0.5) is 5.69 Å². The minimum atomic E-state index is -0.413. The van der Waals surface area contributed by atoms with Crippen molar-refractivity contribution in [2.75, 3.05) is 7.11 Å². The summed E-state index contributed by atoms with van der Waals surface area (Å²) < 4.78 is 11.1. The van der Waals surface area contributed by atoms with Crippen molar-refractivity contribution < 1.29 is 14.4 Å². The number of rotatable bonds is 6. The number of hydrogen-bond donors (Lipinski definition) is 0. The van der Waals surface area contributed by atoms with Crippen molar-refractivity contribution >= 4 is 5.69 Å². The summed E-state index contributed by atoms with van der Waals surface area (Å²) in [5.74, 6) is 1.18. The monoisotopic (exact) mass is 336 g/mol. The van der Waals surface area contributed by atoms with Crippen LogP contribution >= 0.6 is 0 Å². The van der Waals surface area contributed by atoms with Crippen molar-refractivity contribution in [3.8, 4) is 22.8 Å². The molecular weight excluding hydrogens is 320 g/mol. The van der Waals surface area contributed by atoms with E-state index in [0.29, 0.717) is 23.8 Å². The van der Waals surface area contributed by atoms with Crippen LogP contribution in [0.15, 0.2) is 66.9 Å². The largest absolute Gasteiger partial charge is 0.496 e. The molecule has 6 heteroatoms. The highest BCUT2D eigenvalue weighted by atomic mass is 16.6. The van der Waals surface area contributed by atoms with E-state index < -0.39 is 4.92 Å². The molecule has 25 heavy (non-hydrogen) atoms. The zero-order valence-corrected chi connectivity index (χ0v) is 13.6. The van der Waals surface area contributed by atoms with Gasteiger partial charge < -0.3 is 9.47 Å². The summed E-state index contributed by atoms with van der Waals surface area (Å²) in [7, 11) is 1.57. The van der Waals surface area contributed by atoms with E-state index >= 15 is 0 Å². The lowest BCUT2D eigenvalue weighted by Gasteiger charge is -2.12. The molecule has 6 nitrogen and oxygen atoms in total. The molecule has 0 bridgehead atoms. The van der Waals surface area contributed by atoms with Crippen LogP contribution in [0.5, 0.6) is 11.6 Å². The SMILES string of the molecule is COc1ccc(COc2ccccn2)cc1-c1cccc([N+](=O)[O-])c1. The van der Waals surface area contributed by atoms with Gasteiger partial charge in [0.25, 0.3) is 5.69 Å². The predicted octanol–water partition coefficient (Wildman–Crippen LogP) is 4.24. The third kappa shape index (κ3) is 3.92. The Balaban J connectivity index is 1.90. The number of benzene rings is 2. The number of hydrogen-bond acceptors (Lipinski definition) is 5. The summed E-state index contributed by atoms with van der Waals surface area (Å²) >= 11 is 0. The molecule has 0 saturated heterocycles. The maximum Gasteiger partial charge on any atom is 0.270 e. The average molecular weight is 336 g/mol. The average Bonchev–Trinajstić information content (AvgIpc) is 2.67. The Morgan fingerprint density at radius 3 is 2.68 bits per heavy atom. The highest BCUT2D eigenvalue weighted by Gasteiger charge is 2.12. The topological polar surface area (TPSA) is 74.5 Å². The first-order chi connectivity index (χ1) is 12.2. The Morgan fingerprint density at radius 1 is 1.08 bits per heavy atom. The molecule has 0 aliphatic carbocycles. The first-order valence-electron chi connectivity index (χ1n) is 7.63. The molecule has 0 unspecified atom stereocenters. The Hall–Kier alpha value is -3.41. The number of nitrogens with zero attached hydrogens (tertiary/aromatic N) is 2. The van der Waals surface area contributed by atoms with E-state index in [1.807, 2.05) is 36.4 Å². The molecule has 126 valence electrons. The highest BCUT2D eigenvalue weighted by Crippen LogP contribution is 2.33. The van der Waals surface area contributed by atoms with Gasteiger partial charge in [0.1, 0.15) is 12.4 Å². The van der Waals surface area contributed by atoms with Crippen molar-refractivity contribution in [2.24, 2.45) is 0 Å². The van der Waals surface area contributed by atoms with Gasteiger partial charge >= 0.3 is 0 Å². The number of aromatic nitrogens is 1. The summed E-state index contributed by atoms with van der Waals surface area (Å²) in [4.78, 5) is 14.7. The van der Waals surface area contributed by atoms with E-state index in [0.717, 1.165) is 11.1 Å². The van der Waals surface area contributed by atoms with Crippen LogP contribution in [-0.4, -0.2) is 17.0 Å². The van der Waals surface area contributed by atoms with Gasteiger partial charge in [-0.2, -0.15) is 0 Å².